The topological polar surface area (TPSA) is 97.4 Å². The third-order valence-electron chi connectivity index (χ3n) is 6.83. The van der Waals surface area contributed by atoms with Gasteiger partial charge in [-0.15, -0.1) is 0 Å². The molecule has 3 aromatic rings. The first-order valence-electron chi connectivity index (χ1n) is 13.5. The van der Waals surface area contributed by atoms with Gasteiger partial charge in [-0.2, -0.15) is 0 Å². The molecular weight excluding hydrogens is 544 g/mol. The Labute approximate surface area is 243 Å². The zero-order valence-corrected chi connectivity index (χ0v) is 23.7. The maximum Gasteiger partial charge on any atom is 0.338 e. The molecule has 2 fully saturated rings. The molecule has 0 aromatic heterocycles. The summed E-state index contributed by atoms with van der Waals surface area (Å²) in [6.07, 6.45) is -4.22. The first-order chi connectivity index (χ1) is 19.9. The number of aryl methyl sites for hydroxylation is 1. The number of carbonyl (C=O) groups is 3. The van der Waals surface area contributed by atoms with Gasteiger partial charge in [0.05, 0.1) is 18.6 Å². The Morgan fingerprint density at radius 1 is 0.829 bits per heavy atom. The number of thioether (sulfide) groups is 1. The van der Waals surface area contributed by atoms with E-state index in [0.29, 0.717) is 5.56 Å². The third-order valence-corrected chi connectivity index (χ3v) is 7.99. The van der Waals surface area contributed by atoms with Crippen LogP contribution in [0.2, 0.25) is 0 Å². The van der Waals surface area contributed by atoms with E-state index in [9.17, 15) is 14.4 Å². The number of rotatable bonds is 9. The first-order valence-corrected chi connectivity index (χ1v) is 14.4. The van der Waals surface area contributed by atoms with Gasteiger partial charge in [-0.1, -0.05) is 78.0 Å². The summed E-state index contributed by atoms with van der Waals surface area (Å²) in [4.78, 5) is 38.8. The molecule has 0 N–H and O–H groups in total. The number of hydrogen-bond acceptors (Lipinski definition) is 9. The smallest absolute Gasteiger partial charge is 0.338 e. The van der Waals surface area contributed by atoms with E-state index in [2.05, 4.69) is 0 Å². The van der Waals surface area contributed by atoms with E-state index in [-0.39, 0.29) is 25.2 Å². The fourth-order valence-electron chi connectivity index (χ4n) is 4.69. The average Bonchev–Trinajstić information content (AvgIpc) is 2.99. The molecule has 0 radical (unpaired) electrons. The fourth-order valence-corrected chi connectivity index (χ4v) is 5.79. The molecule has 2 saturated heterocycles. The van der Waals surface area contributed by atoms with Gasteiger partial charge in [0.2, 0.25) is 0 Å². The molecular formula is C32H32O8S. The SMILES string of the molecule is CC(=O)CCC(=O)O[C@H]1[C@H]2OC(c3ccccc3)OC[C@H]2O[C@@H](Sc2ccc(C)cc2)[C@@H]1OC(=O)c1ccccc1. The van der Waals surface area contributed by atoms with E-state index in [1.807, 2.05) is 61.5 Å². The molecule has 8 nitrogen and oxygen atoms in total. The lowest BCUT2D eigenvalue weighted by molar-refractivity contribution is -0.319. The van der Waals surface area contributed by atoms with Crippen molar-refractivity contribution in [1.82, 2.24) is 0 Å². The van der Waals surface area contributed by atoms with Crippen LogP contribution in [0.5, 0.6) is 0 Å². The maximum absolute atomic E-state index is 13.3. The highest BCUT2D eigenvalue weighted by Crippen LogP contribution is 2.41. The monoisotopic (exact) mass is 576 g/mol. The quantitative estimate of drug-likeness (QED) is 0.309. The number of Topliss-reactive ketones (excluding diaryl/α,β-unsaturated/α-hetero) is 1. The van der Waals surface area contributed by atoms with Gasteiger partial charge in [0.1, 0.15) is 23.4 Å². The second kappa shape index (κ2) is 13.4. The summed E-state index contributed by atoms with van der Waals surface area (Å²) in [5.74, 6) is -1.29. The highest BCUT2D eigenvalue weighted by Gasteiger charge is 2.54. The molecule has 0 saturated carbocycles. The number of ketones is 1. The van der Waals surface area contributed by atoms with E-state index in [4.69, 9.17) is 23.7 Å². The zero-order valence-electron chi connectivity index (χ0n) is 22.8. The molecule has 5 rings (SSSR count). The minimum atomic E-state index is -1.02. The van der Waals surface area contributed by atoms with E-state index in [1.165, 1.54) is 18.7 Å². The Kier molecular flexibility index (Phi) is 9.51. The van der Waals surface area contributed by atoms with Gasteiger partial charge in [-0.25, -0.2) is 4.79 Å². The largest absolute Gasteiger partial charge is 0.455 e. The molecule has 41 heavy (non-hydrogen) atoms. The molecule has 6 atom stereocenters. The van der Waals surface area contributed by atoms with Gasteiger partial charge in [0.15, 0.2) is 18.5 Å². The maximum atomic E-state index is 13.3. The van der Waals surface area contributed by atoms with Crippen molar-refractivity contribution in [2.45, 2.75) is 67.7 Å². The predicted octanol–water partition coefficient (Wildman–Crippen LogP) is 5.43. The lowest BCUT2D eigenvalue weighted by atomic mass is 9.98. The van der Waals surface area contributed by atoms with Crippen LogP contribution in [-0.2, 0) is 33.3 Å². The van der Waals surface area contributed by atoms with Crippen molar-refractivity contribution in [1.29, 1.82) is 0 Å². The van der Waals surface area contributed by atoms with Gasteiger partial charge < -0.3 is 28.5 Å². The third kappa shape index (κ3) is 7.42. The Balaban J connectivity index is 1.47. The molecule has 0 spiro atoms. The van der Waals surface area contributed by atoms with Crippen LogP contribution in [0.25, 0.3) is 0 Å². The van der Waals surface area contributed by atoms with Crippen LogP contribution in [0.1, 0.15) is 47.5 Å². The molecule has 0 aliphatic carbocycles. The number of esters is 2. The van der Waals surface area contributed by atoms with E-state index in [1.54, 1.807) is 30.3 Å². The van der Waals surface area contributed by atoms with E-state index >= 15 is 0 Å². The second-order valence-corrected chi connectivity index (χ2v) is 11.2. The average molecular weight is 577 g/mol. The van der Waals surface area contributed by atoms with Gasteiger partial charge in [0.25, 0.3) is 0 Å². The molecule has 3 aromatic carbocycles. The first kappa shape index (κ1) is 29.0. The van der Waals surface area contributed by atoms with Crippen molar-refractivity contribution in [2.24, 2.45) is 0 Å². The predicted molar refractivity (Wildman–Crippen MR) is 151 cm³/mol. The van der Waals surface area contributed by atoms with Crippen molar-refractivity contribution >= 4 is 29.5 Å². The Hall–Kier alpha value is -3.50. The zero-order chi connectivity index (χ0) is 28.8. The van der Waals surface area contributed by atoms with Crippen molar-refractivity contribution in [2.75, 3.05) is 6.61 Å². The summed E-state index contributed by atoms with van der Waals surface area (Å²) < 4.78 is 30.9. The lowest BCUT2D eigenvalue weighted by Crippen LogP contribution is -2.63. The number of hydrogen-bond donors (Lipinski definition) is 0. The minimum Gasteiger partial charge on any atom is -0.455 e. The number of ether oxygens (including phenoxy) is 5. The highest BCUT2D eigenvalue weighted by molar-refractivity contribution is 7.99. The van der Waals surface area contributed by atoms with Crippen LogP contribution < -0.4 is 0 Å². The summed E-state index contributed by atoms with van der Waals surface area (Å²) in [7, 11) is 0. The summed E-state index contributed by atoms with van der Waals surface area (Å²) in [6.45, 7) is 3.59. The molecule has 0 bridgehead atoms. The molecule has 2 heterocycles. The van der Waals surface area contributed by atoms with Crippen LogP contribution in [0.15, 0.2) is 89.8 Å². The molecule has 2 aliphatic rings. The second-order valence-electron chi connectivity index (χ2n) is 10.0. The van der Waals surface area contributed by atoms with Gasteiger partial charge in [-0.3, -0.25) is 4.79 Å². The molecule has 0 amide bonds. The summed E-state index contributed by atoms with van der Waals surface area (Å²) in [6, 6.07) is 25.9. The Morgan fingerprint density at radius 3 is 2.20 bits per heavy atom. The van der Waals surface area contributed by atoms with Gasteiger partial charge in [0, 0.05) is 16.9 Å². The molecule has 9 heteroatoms. The fraction of sp³-hybridized carbons (Fsp3) is 0.344. The van der Waals surface area contributed by atoms with Crippen molar-refractivity contribution in [3.8, 4) is 0 Å². The molecule has 1 unspecified atom stereocenters. The van der Waals surface area contributed by atoms with Crippen LogP contribution in [-0.4, -0.2) is 54.2 Å². The van der Waals surface area contributed by atoms with Gasteiger partial charge in [-0.05, 0) is 38.1 Å². The summed E-state index contributed by atoms with van der Waals surface area (Å²) in [5, 5.41) is 0. The van der Waals surface area contributed by atoms with Crippen LogP contribution >= 0.6 is 11.8 Å². The van der Waals surface area contributed by atoms with Crippen LogP contribution in [0.4, 0.5) is 0 Å². The van der Waals surface area contributed by atoms with Gasteiger partial charge >= 0.3 is 11.9 Å². The van der Waals surface area contributed by atoms with E-state index in [0.717, 1.165) is 16.0 Å². The number of benzene rings is 3. The molecule has 2 aliphatic heterocycles. The number of carbonyl (C=O) groups excluding carboxylic acids is 3. The summed E-state index contributed by atoms with van der Waals surface area (Å²) in [5.41, 5.74) is 1.51. The van der Waals surface area contributed by atoms with Crippen LogP contribution in [0, 0.1) is 6.92 Å². The van der Waals surface area contributed by atoms with Crippen molar-refractivity contribution < 1.29 is 38.1 Å². The van der Waals surface area contributed by atoms with Crippen molar-refractivity contribution in [3.63, 3.8) is 0 Å². The lowest BCUT2D eigenvalue weighted by Gasteiger charge is -2.48. The van der Waals surface area contributed by atoms with Crippen LogP contribution in [0.3, 0.4) is 0 Å². The standard InChI is InChI=1S/C32H32O8S/c1-20-13-16-24(17-14-20)41-32-29(39-30(35)22-9-5-3-6-10-22)28(38-26(34)18-15-21(2)33)27-25(37-32)19-36-31(40-27)23-11-7-4-8-12-23/h3-14,16-17,25,27-29,31-32H,15,18-19H2,1-2H3/t25-,27+,28+,29-,31?,32+/m1/s1. The normalized spacial score (nSPS) is 25.5. The number of fused-ring (bicyclic) bond motifs is 1. The molecule has 214 valence electrons. The van der Waals surface area contributed by atoms with Crippen molar-refractivity contribution in [3.05, 3.63) is 102 Å². The Bertz CT molecular complexity index is 1330. The highest BCUT2D eigenvalue weighted by atomic mass is 32.2. The summed E-state index contributed by atoms with van der Waals surface area (Å²) >= 11 is 1.36. The van der Waals surface area contributed by atoms with E-state index < -0.39 is 48.1 Å². The minimum absolute atomic E-state index is 0.0444. The Morgan fingerprint density at radius 2 is 1.51 bits per heavy atom.